The van der Waals surface area contributed by atoms with Gasteiger partial charge in [0.2, 0.25) is 5.91 Å². The molecule has 0 aromatic heterocycles. The number of rotatable bonds is 7. The van der Waals surface area contributed by atoms with E-state index in [9.17, 15) is 19.5 Å². The summed E-state index contributed by atoms with van der Waals surface area (Å²) < 4.78 is 0. The largest absolute Gasteiger partial charge is 0.392 e. The lowest BCUT2D eigenvalue weighted by Gasteiger charge is -2.27. The van der Waals surface area contributed by atoms with Crippen LogP contribution in [0.1, 0.15) is 34.0 Å². The van der Waals surface area contributed by atoms with Gasteiger partial charge < -0.3 is 25.5 Å². The minimum absolute atomic E-state index is 0. The number of anilines is 2. The maximum atomic E-state index is 14.3. The Bertz CT molecular complexity index is 1610. The Labute approximate surface area is 251 Å². The number of aliphatic hydroxyl groups excluding tert-OH is 1. The Morgan fingerprint density at radius 3 is 2.31 bits per heavy atom. The third-order valence-corrected chi connectivity index (χ3v) is 7.76. The SMILES string of the molecule is CN[C@@H](C)C(=O)N[C@H]1CN(C(=O)c2ccc(CO)cc2)c2ccccc2N(Cc2c(C)ccc3ccccc23)C1=O.Cl. The van der Waals surface area contributed by atoms with Crippen LogP contribution in [0.15, 0.2) is 84.9 Å². The molecule has 8 nitrogen and oxygen atoms in total. The minimum Gasteiger partial charge on any atom is -0.392 e. The number of hydrogen-bond acceptors (Lipinski definition) is 5. The molecule has 0 saturated heterocycles. The van der Waals surface area contributed by atoms with E-state index in [-0.39, 0.29) is 49.8 Å². The van der Waals surface area contributed by atoms with Crippen molar-refractivity contribution in [1.82, 2.24) is 10.6 Å². The standard InChI is InChI=1S/C33H34N4O4.ClH/c1-21-12-15-24-8-4-5-9-26(24)27(21)18-36-29-10-6-7-11-30(29)37(32(40)25-16-13-23(20-38)14-17-25)19-28(33(36)41)35-31(39)22(2)34-3;/h4-17,22,28,34,38H,18-20H2,1-3H3,(H,35,39);1H/t22-,28-;/m0./s1. The lowest BCUT2D eigenvalue weighted by atomic mass is 9.99. The topological polar surface area (TPSA) is 102 Å². The second-order valence-electron chi connectivity index (χ2n) is 10.3. The van der Waals surface area contributed by atoms with E-state index in [1.165, 1.54) is 0 Å². The lowest BCUT2D eigenvalue weighted by Crippen LogP contribution is -2.55. The molecule has 3 amide bonds. The second-order valence-corrected chi connectivity index (χ2v) is 10.3. The Hall–Kier alpha value is -4.24. The summed E-state index contributed by atoms with van der Waals surface area (Å²) in [5.41, 5.74) is 4.31. The molecule has 2 atom stereocenters. The van der Waals surface area contributed by atoms with Crippen molar-refractivity contribution in [3.8, 4) is 0 Å². The third kappa shape index (κ3) is 6.01. The van der Waals surface area contributed by atoms with Crippen molar-refractivity contribution < 1.29 is 19.5 Å². The summed E-state index contributed by atoms with van der Waals surface area (Å²) in [6, 6.07) is 24.7. The predicted molar refractivity (Wildman–Crippen MR) is 168 cm³/mol. The molecule has 9 heteroatoms. The van der Waals surface area contributed by atoms with Gasteiger partial charge in [0.15, 0.2) is 0 Å². The molecule has 0 bridgehead atoms. The number of halogens is 1. The number of fused-ring (bicyclic) bond motifs is 2. The highest BCUT2D eigenvalue weighted by atomic mass is 35.5. The van der Waals surface area contributed by atoms with E-state index in [2.05, 4.69) is 16.7 Å². The summed E-state index contributed by atoms with van der Waals surface area (Å²) >= 11 is 0. The Morgan fingerprint density at radius 1 is 0.952 bits per heavy atom. The maximum Gasteiger partial charge on any atom is 0.258 e. The van der Waals surface area contributed by atoms with E-state index in [0.717, 1.165) is 21.9 Å². The van der Waals surface area contributed by atoms with Crippen LogP contribution in [0.5, 0.6) is 0 Å². The van der Waals surface area contributed by atoms with E-state index in [1.807, 2.05) is 61.5 Å². The quantitative estimate of drug-likeness (QED) is 0.299. The molecular weight excluding hydrogens is 552 g/mol. The molecule has 1 aliphatic heterocycles. The summed E-state index contributed by atoms with van der Waals surface area (Å²) in [6.45, 7) is 3.84. The van der Waals surface area contributed by atoms with E-state index < -0.39 is 12.1 Å². The number of hydrogen-bond donors (Lipinski definition) is 3. The van der Waals surface area contributed by atoms with Gasteiger partial charge in [-0.1, -0.05) is 60.7 Å². The summed E-state index contributed by atoms with van der Waals surface area (Å²) in [7, 11) is 1.68. The highest BCUT2D eigenvalue weighted by molar-refractivity contribution is 6.13. The van der Waals surface area contributed by atoms with E-state index in [1.54, 1.807) is 48.0 Å². The van der Waals surface area contributed by atoms with Crippen molar-refractivity contribution in [1.29, 1.82) is 0 Å². The number of amides is 3. The number of para-hydroxylation sites is 2. The Kier molecular flexibility index (Phi) is 9.63. The minimum atomic E-state index is -0.985. The van der Waals surface area contributed by atoms with Crippen molar-refractivity contribution in [3.63, 3.8) is 0 Å². The lowest BCUT2D eigenvalue weighted by molar-refractivity contribution is -0.128. The van der Waals surface area contributed by atoms with Gasteiger partial charge in [0, 0.05) is 5.56 Å². The molecule has 5 rings (SSSR count). The first kappa shape index (κ1) is 30.7. The van der Waals surface area contributed by atoms with Crippen LogP contribution in [-0.2, 0) is 22.7 Å². The highest BCUT2D eigenvalue weighted by Crippen LogP contribution is 2.36. The van der Waals surface area contributed by atoms with Crippen LogP contribution in [0.25, 0.3) is 10.8 Å². The predicted octanol–water partition coefficient (Wildman–Crippen LogP) is 4.35. The molecule has 1 aliphatic rings. The van der Waals surface area contributed by atoms with Gasteiger partial charge in [-0.25, -0.2) is 0 Å². The summed E-state index contributed by atoms with van der Waals surface area (Å²) in [4.78, 5) is 44.5. The van der Waals surface area contributed by atoms with Crippen LogP contribution in [0, 0.1) is 6.92 Å². The van der Waals surface area contributed by atoms with Crippen molar-refractivity contribution in [2.24, 2.45) is 0 Å². The van der Waals surface area contributed by atoms with Crippen molar-refractivity contribution in [2.75, 3.05) is 23.4 Å². The van der Waals surface area contributed by atoms with Crippen LogP contribution in [0.3, 0.4) is 0 Å². The number of nitrogens with one attached hydrogen (secondary N) is 2. The van der Waals surface area contributed by atoms with Crippen molar-refractivity contribution >= 4 is 52.3 Å². The average Bonchev–Trinajstić information content (AvgIpc) is 3.12. The molecule has 1 heterocycles. The zero-order chi connectivity index (χ0) is 29.1. The van der Waals surface area contributed by atoms with Gasteiger partial charge in [-0.05, 0) is 72.6 Å². The van der Waals surface area contributed by atoms with Gasteiger partial charge >= 0.3 is 0 Å². The second kappa shape index (κ2) is 13.2. The van der Waals surface area contributed by atoms with Gasteiger partial charge in [-0.3, -0.25) is 14.4 Å². The first-order valence-corrected chi connectivity index (χ1v) is 13.7. The van der Waals surface area contributed by atoms with Crippen LogP contribution in [0.4, 0.5) is 11.4 Å². The number of benzene rings is 4. The first-order valence-electron chi connectivity index (χ1n) is 13.7. The van der Waals surface area contributed by atoms with E-state index in [4.69, 9.17) is 0 Å². The number of carbonyl (C=O) groups excluding carboxylic acids is 3. The van der Waals surface area contributed by atoms with Gasteiger partial charge in [0.1, 0.15) is 6.04 Å². The smallest absolute Gasteiger partial charge is 0.258 e. The molecule has 0 aliphatic carbocycles. The summed E-state index contributed by atoms with van der Waals surface area (Å²) in [5, 5.41) is 17.4. The van der Waals surface area contributed by atoms with Crippen molar-refractivity contribution in [2.45, 2.75) is 39.1 Å². The van der Waals surface area contributed by atoms with Gasteiger partial charge in [-0.15, -0.1) is 12.4 Å². The molecule has 0 unspecified atom stereocenters. The fraction of sp³-hybridized carbons (Fsp3) is 0.242. The molecule has 4 aromatic carbocycles. The van der Waals surface area contributed by atoms with E-state index >= 15 is 0 Å². The van der Waals surface area contributed by atoms with Crippen molar-refractivity contribution in [3.05, 3.63) is 107 Å². The van der Waals surface area contributed by atoms with Crippen LogP contribution in [-0.4, -0.2) is 48.5 Å². The normalized spacial score (nSPS) is 15.4. The average molecular weight is 587 g/mol. The van der Waals surface area contributed by atoms with E-state index in [0.29, 0.717) is 22.5 Å². The molecular formula is C33H35ClN4O4. The number of carbonyl (C=O) groups is 3. The number of aryl methyl sites for hydroxylation is 1. The maximum absolute atomic E-state index is 14.3. The molecule has 0 radical (unpaired) electrons. The van der Waals surface area contributed by atoms with Crippen LogP contribution in [0.2, 0.25) is 0 Å². The molecule has 3 N–H and O–H groups in total. The molecule has 0 spiro atoms. The summed E-state index contributed by atoms with van der Waals surface area (Å²) in [5.74, 6) is -0.941. The number of nitrogens with zero attached hydrogens (tertiary/aromatic N) is 2. The Balaban J connectivity index is 0.00000405. The Morgan fingerprint density at radius 2 is 1.62 bits per heavy atom. The molecule has 42 heavy (non-hydrogen) atoms. The molecule has 4 aromatic rings. The zero-order valence-electron chi connectivity index (χ0n) is 23.8. The monoisotopic (exact) mass is 586 g/mol. The number of aliphatic hydroxyl groups is 1. The first-order chi connectivity index (χ1) is 19.8. The third-order valence-electron chi connectivity index (χ3n) is 7.76. The van der Waals surface area contributed by atoms with Crippen LogP contribution < -0.4 is 20.4 Å². The van der Waals surface area contributed by atoms with Gasteiger partial charge in [-0.2, -0.15) is 0 Å². The molecule has 0 saturated carbocycles. The van der Waals surface area contributed by atoms with Gasteiger partial charge in [0.05, 0.1) is 37.1 Å². The molecule has 0 fully saturated rings. The van der Waals surface area contributed by atoms with Crippen LogP contribution >= 0.6 is 12.4 Å². The number of likely N-dealkylation sites (N-methyl/N-ethyl adjacent to an activating group) is 1. The fourth-order valence-electron chi connectivity index (χ4n) is 5.20. The molecule has 218 valence electrons. The van der Waals surface area contributed by atoms with Gasteiger partial charge in [0.25, 0.3) is 11.8 Å². The fourth-order valence-corrected chi connectivity index (χ4v) is 5.20. The highest BCUT2D eigenvalue weighted by Gasteiger charge is 2.38. The zero-order valence-corrected chi connectivity index (χ0v) is 24.7. The summed E-state index contributed by atoms with van der Waals surface area (Å²) in [6.07, 6.45) is 0.